The SMILES string of the molecule is Cc1cc(Br)c(C(Cl)Cc2cccc(F)c2)cc1Br. The molecule has 0 aliphatic rings. The van der Waals surface area contributed by atoms with Crippen molar-refractivity contribution in [3.63, 3.8) is 0 Å². The normalized spacial score (nSPS) is 12.5. The van der Waals surface area contributed by atoms with Crippen LogP contribution in [0, 0.1) is 12.7 Å². The topological polar surface area (TPSA) is 0 Å². The van der Waals surface area contributed by atoms with Crippen molar-refractivity contribution in [1.82, 2.24) is 0 Å². The van der Waals surface area contributed by atoms with Crippen LogP contribution in [0.15, 0.2) is 45.3 Å². The van der Waals surface area contributed by atoms with Crippen LogP contribution in [0.4, 0.5) is 4.39 Å². The van der Waals surface area contributed by atoms with Gasteiger partial charge in [-0.2, -0.15) is 0 Å². The summed E-state index contributed by atoms with van der Waals surface area (Å²) in [5.74, 6) is -0.231. The van der Waals surface area contributed by atoms with Crippen molar-refractivity contribution in [3.05, 3.63) is 67.9 Å². The fourth-order valence-electron chi connectivity index (χ4n) is 1.88. The first-order valence-corrected chi connectivity index (χ1v) is 7.83. The Morgan fingerprint density at radius 2 is 1.89 bits per heavy atom. The monoisotopic (exact) mass is 404 g/mol. The molecule has 0 saturated heterocycles. The van der Waals surface area contributed by atoms with Gasteiger partial charge in [0.25, 0.3) is 0 Å². The van der Waals surface area contributed by atoms with Crippen molar-refractivity contribution in [2.75, 3.05) is 0 Å². The van der Waals surface area contributed by atoms with Crippen molar-refractivity contribution in [2.24, 2.45) is 0 Å². The van der Waals surface area contributed by atoms with E-state index in [0.717, 1.165) is 25.6 Å². The summed E-state index contributed by atoms with van der Waals surface area (Å²) in [4.78, 5) is 0. The second kappa shape index (κ2) is 6.38. The maximum absolute atomic E-state index is 13.2. The van der Waals surface area contributed by atoms with E-state index in [1.54, 1.807) is 6.07 Å². The molecule has 2 aromatic rings. The van der Waals surface area contributed by atoms with Gasteiger partial charge in [-0.1, -0.05) is 44.0 Å². The first-order chi connectivity index (χ1) is 8.97. The summed E-state index contributed by atoms with van der Waals surface area (Å²) in [5.41, 5.74) is 3.04. The molecule has 1 unspecified atom stereocenters. The molecule has 0 fully saturated rings. The highest BCUT2D eigenvalue weighted by atomic mass is 79.9. The summed E-state index contributed by atoms with van der Waals surface area (Å²) in [6.07, 6.45) is 0.591. The van der Waals surface area contributed by atoms with E-state index in [0.29, 0.717) is 6.42 Å². The number of hydrogen-bond donors (Lipinski definition) is 0. The molecule has 4 heteroatoms. The molecule has 0 heterocycles. The molecule has 19 heavy (non-hydrogen) atoms. The molecule has 0 saturated carbocycles. The number of benzene rings is 2. The first-order valence-electron chi connectivity index (χ1n) is 5.81. The van der Waals surface area contributed by atoms with Gasteiger partial charge in [-0.15, -0.1) is 11.6 Å². The maximum atomic E-state index is 13.2. The predicted octanol–water partition coefficient (Wildman–Crippen LogP) is 6.18. The second-order valence-corrected chi connectivity index (χ2v) is 6.66. The maximum Gasteiger partial charge on any atom is 0.123 e. The van der Waals surface area contributed by atoms with Crippen LogP contribution in [0.1, 0.15) is 22.1 Å². The average Bonchev–Trinajstić information content (AvgIpc) is 2.33. The molecule has 0 amide bonds. The Kier molecular flexibility index (Phi) is 5.04. The summed E-state index contributed by atoms with van der Waals surface area (Å²) >= 11 is 13.5. The van der Waals surface area contributed by atoms with Gasteiger partial charge in [0.1, 0.15) is 5.82 Å². The standard InChI is InChI=1S/C15H12Br2ClF/c1-9-5-14(17)12(8-13(9)16)15(18)7-10-3-2-4-11(19)6-10/h2-6,8,15H,7H2,1H3. The van der Waals surface area contributed by atoms with Crippen molar-refractivity contribution < 1.29 is 4.39 Å². The first kappa shape index (κ1) is 15.0. The van der Waals surface area contributed by atoms with Gasteiger partial charge in [0.15, 0.2) is 0 Å². The van der Waals surface area contributed by atoms with E-state index in [1.165, 1.54) is 12.1 Å². The van der Waals surface area contributed by atoms with Crippen LogP contribution in [0.25, 0.3) is 0 Å². The highest BCUT2D eigenvalue weighted by Gasteiger charge is 2.14. The predicted molar refractivity (Wildman–Crippen MR) is 85.3 cm³/mol. The number of hydrogen-bond acceptors (Lipinski definition) is 0. The van der Waals surface area contributed by atoms with Gasteiger partial charge in [0, 0.05) is 8.95 Å². The fraction of sp³-hybridized carbons (Fsp3) is 0.200. The van der Waals surface area contributed by atoms with E-state index >= 15 is 0 Å². The molecular formula is C15H12Br2ClF. The highest BCUT2D eigenvalue weighted by Crippen LogP contribution is 2.34. The number of alkyl halides is 1. The quantitative estimate of drug-likeness (QED) is 0.534. The summed E-state index contributed by atoms with van der Waals surface area (Å²) < 4.78 is 15.2. The molecule has 2 rings (SSSR count). The summed E-state index contributed by atoms with van der Waals surface area (Å²) in [5, 5.41) is -0.201. The van der Waals surface area contributed by atoms with Crippen LogP contribution in [0.3, 0.4) is 0 Å². The van der Waals surface area contributed by atoms with Crippen LogP contribution in [-0.2, 0) is 6.42 Å². The minimum atomic E-state index is -0.231. The van der Waals surface area contributed by atoms with Crippen LogP contribution in [0.5, 0.6) is 0 Å². The summed E-state index contributed by atoms with van der Waals surface area (Å²) in [7, 11) is 0. The zero-order chi connectivity index (χ0) is 14.0. The van der Waals surface area contributed by atoms with Gasteiger partial charge in [0.2, 0.25) is 0 Å². The molecule has 0 N–H and O–H groups in total. The van der Waals surface area contributed by atoms with Crippen LogP contribution in [0.2, 0.25) is 0 Å². The van der Waals surface area contributed by atoms with Gasteiger partial charge >= 0.3 is 0 Å². The lowest BCUT2D eigenvalue weighted by atomic mass is 10.0. The lowest BCUT2D eigenvalue weighted by Gasteiger charge is -2.14. The van der Waals surface area contributed by atoms with E-state index in [-0.39, 0.29) is 11.2 Å². The molecule has 0 spiro atoms. The molecule has 0 aromatic heterocycles. The van der Waals surface area contributed by atoms with Crippen molar-refractivity contribution in [1.29, 1.82) is 0 Å². The molecule has 0 radical (unpaired) electrons. The summed E-state index contributed by atoms with van der Waals surface area (Å²) in [6, 6.07) is 10.6. The van der Waals surface area contributed by atoms with Crippen LogP contribution >= 0.6 is 43.5 Å². The molecule has 0 bridgehead atoms. The lowest BCUT2D eigenvalue weighted by Crippen LogP contribution is -1.98. The molecular weight excluding hydrogens is 394 g/mol. The Morgan fingerprint density at radius 1 is 1.16 bits per heavy atom. The fourth-order valence-corrected chi connectivity index (χ4v) is 3.47. The van der Waals surface area contributed by atoms with E-state index in [9.17, 15) is 4.39 Å². The summed E-state index contributed by atoms with van der Waals surface area (Å²) in [6.45, 7) is 2.02. The zero-order valence-corrected chi connectivity index (χ0v) is 14.2. The van der Waals surface area contributed by atoms with Crippen LogP contribution in [-0.4, -0.2) is 0 Å². The van der Waals surface area contributed by atoms with Gasteiger partial charge in [0.05, 0.1) is 5.38 Å². The number of halogens is 4. The number of aryl methyl sites for hydroxylation is 1. The minimum absolute atomic E-state index is 0.201. The molecule has 0 nitrogen and oxygen atoms in total. The minimum Gasteiger partial charge on any atom is -0.207 e. The Labute approximate surface area is 134 Å². The zero-order valence-electron chi connectivity index (χ0n) is 10.3. The lowest BCUT2D eigenvalue weighted by molar-refractivity contribution is 0.625. The van der Waals surface area contributed by atoms with Crippen molar-refractivity contribution in [2.45, 2.75) is 18.7 Å². The molecule has 0 aliphatic carbocycles. The molecule has 0 aliphatic heterocycles. The third-order valence-electron chi connectivity index (χ3n) is 2.92. The molecule has 1 atom stereocenters. The average molecular weight is 407 g/mol. The smallest absolute Gasteiger partial charge is 0.123 e. The second-order valence-electron chi connectivity index (χ2n) is 4.42. The van der Waals surface area contributed by atoms with E-state index in [1.807, 2.05) is 25.1 Å². The Bertz CT molecular complexity index is 599. The van der Waals surface area contributed by atoms with Gasteiger partial charge in [-0.3, -0.25) is 0 Å². The van der Waals surface area contributed by atoms with E-state index in [4.69, 9.17) is 11.6 Å². The van der Waals surface area contributed by atoms with E-state index < -0.39 is 0 Å². The van der Waals surface area contributed by atoms with E-state index in [2.05, 4.69) is 31.9 Å². The molecule has 100 valence electrons. The van der Waals surface area contributed by atoms with Gasteiger partial charge in [-0.25, -0.2) is 4.39 Å². The third-order valence-corrected chi connectivity index (χ3v) is 4.85. The Morgan fingerprint density at radius 3 is 2.58 bits per heavy atom. The van der Waals surface area contributed by atoms with Crippen molar-refractivity contribution >= 4 is 43.5 Å². The molecule has 2 aromatic carbocycles. The Balaban J connectivity index is 2.25. The van der Waals surface area contributed by atoms with Gasteiger partial charge < -0.3 is 0 Å². The van der Waals surface area contributed by atoms with Crippen molar-refractivity contribution in [3.8, 4) is 0 Å². The van der Waals surface area contributed by atoms with Crippen LogP contribution < -0.4 is 0 Å². The number of rotatable bonds is 3. The Hall–Kier alpha value is -0.380. The third kappa shape index (κ3) is 3.80. The highest BCUT2D eigenvalue weighted by molar-refractivity contribution is 9.11. The largest absolute Gasteiger partial charge is 0.207 e. The van der Waals surface area contributed by atoms with Gasteiger partial charge in [-0.05, 0) is 54.3 Å².